The van der Waals surface area contributed by atoms with Crippen LogP contribution in [0.4, 0.5) is 13.2 Å². The van der Waals surface area contributed by atoms with E-state index in [2.05, 4.69) is 16.1 Å². The van der Waals surface area contributed by atoms with Crippen molar-refractivity contribution in [2.45, 2.75) is 31.2 Å². The second-order valence-electron chi connectivity index (χ2n) is 7.91. The third-order valence-electron chi connectivity index (χ3n) is 5.62. The highest BCUT2D eigenvalue weighted by molar-refractivity contribution is 5.95. The van der Waals surface area contributed by atoms with Gasteiger partial charge in [-0.25, -0.2) is 13.2 Å². The Hall–Kier alpha value is -3.28. The Labute approximate surface area is 181 Å². The van der Waals surface area contributed by atoms with E-state index in [0.29, 0.717) is 18.4 Å². The number of nitroso groups, excluding NO2 is 1. The first-order chi connectivity index (χ1) is 15.2. The molecule has 0 spiro atoms. The summed E-state index contributed by atoms with van der Waals surface area (Å²) in [5.74, 6) is -5.24. The first kappa shape index (κ1) is 21.9. The van der Waals surface area contributed by atoms with Crippen molar-refractivity contribution in [2.24, 2.45) is 0 Å². The fourth-order valence-electron chi connectivity index (χ4n) is 4.10. The summed E-state index contributed by atoms with van der Waals surface area (Å²) in [5.41, 5.74) is 3.28. The number of halogens is 3. The number of carbonyl (C=O) groups is 1. The van der Waals surface area contributed by atoms with Gasteiger partial charge in [0.1, 0.15) is 11.9 Å². The van der Waals surface area contributed by atoms with Gasteiger partial charge in [-0.05, 0) is 24.5 Å². The number of hydrogen-bond donors (Lipinski definition) is 5. The molecule has 4 rings (SSSR count). The molecule has 0 fully saturated rings. The molecule has 0 radical (unpaired) electrons. The van der Waals surface area contributed by atoms with E-state index < -0.39 is 49.0 Å². The lowest BCUT2D eigenvalue weighted by Crippen LogP contribution is -2.54. The van der Waals surface area contributed by atoms with Crippen molar-refractivity contribution >= 4 is 5.91 Å². The molecule has 9 nitrogen and oxygen atoms in total. The first-order valence-electron chi connectivity index (χ1n) is 10.1. The zero-order valence-electron chi connectivity index (χ0n) is 17.0. The van der Waals surface area contributed by atoms with Gasteiger partial charge in [-0.2, -0.15) is 0 Å². The number of hydrazine groups is 1. The number of alkyl halides is 2. The first-order valence-corrected chi connectivity index (χ1v) is 10.1. The summed E-state index contributed by atoms with van der Waals surface area (Å²) >= 11 is 0. The van der Waals surface area contributed by atoms with Crippen LogP contribution in [0.5, 0.6) is 0 Å². The van der Waals surface area contributed by atoms with E-state index in [1.165, 1.54) is 12.3 Å². The van der Waals surface area contributed by atoms with Gasteiger partial charge in [0.05, 0.1) is 42.5 Å². The Bertz CT molecular complexity index is 1010. The van der Waals surface area contributed by atoms with Crippen LogP contribution in [0.3, 0.4) is 0 Å². The molecular formula is C20H23F3N5O4+. The lowest BCUT2D eigenvalue weighted by atomic mass is 9.90. The highest BCUT2D eigenvalue weighted by Crippen LogP contribution is 2.38. The number of dihydropyridines is 1. The molecule has 12 heteroatoms. The number of nitrogens with one attached hydrogen (secondary N) is 3. The Morgan fingerprint density at radius 3 is 2.78 bits per heavy atom. The lowest BCUT2D eigenvalue weighted by Gasteiger charge is -2.37. The molecule has 0 bridgehead atoms. The molecule has 1 unspecified atom stereocenters. The number of allylic oxidation sites excluding steroid dienone is 5. The van der Waals surface area contributed by atoms with Gasteiger partial charge in [-0.3, -0.25) is 9.69 Å². The van der Waals surface area contributed by atoms with Crippen LogP contribution in [0.25, 0.3) is 0 Å². The van der Waals surface area contributed by atoms with Crippen molar-refractivity contribution in [3.8, 4) is 0 Å². The van der Waals surface area contributed by atoms with Gasteiger partial charge in [-0.15, -0.1) is 5.43 Å². The summed E-state index contributed by atoms with van der Waals surface area (Å²) in [6.45, 7) is -2.34. The average Bonchev–Trinajstić information content (AvgIpc) is 2.90. The molecule has 4 aliphatic rings. The Morgan fingerprint density at radius 2 is 2.09 bits per heavy atom. The molecule has 0 aromatic rings. The molecule has 1 aliphatic carbocycles. The predicted molar refractivity (Wildman–Crippen MR) is 106 cm³/mol. The molecule has 1 amide bonds. The summed E-state index contributed by atoms with van der Waals surface area (Å²) in [7, 11) is 0. The van der Waals surface area contributed by atoms with Gasteiger partial charge in [0.25, 0.3) is 5.92 Å². The number of aliphatic hydroxyl groups excluding tert-OH is 2. The molecule has 3 aliphatic heterocycles. The number of amides is 1. The molecule has 0 saturated carbocycles. The number of nitrogens with zero attached hydrogens (tertiary/aromatic N) is 2. The summed E-state index contributed by atoms with van der Waals surface area (Å²) in [5, 5.41) is 25.2. The summed E-state index contributed by atoms with van der Waals surface area (Å²) in [6, 6.07) is -1.10. The van der Waals surface area contributed by atoms with Gasteiger partial charge in [0, 0.05) is 12.6 Å². The van der Waals surface area contributed by atoms with E-state index in [4.69, 9.17) is 5.11 Å². The fraction of sp³-hybridized carbons (Fsp3) is 0.450. The van der Waals surface area contributed by atoms with Gasteiger partial charge in [0.15, 0.2) is 4.87 Å². The highest BCUT2D eigenvalue weighted by atomic mass is 19.3. The maximum Gasteiger partial charge on any atom is 0.395 e. The lowest BCUT2D eigenvalue weighted by molar-refractivity contribution is -0.559. The molecule has 0 aromatic carbocycles. The molecule has 172 valence electrons. The largest absolute Gasteiger partial charge is 0.504 e. The van der Waals surface area contributed by atoms with Crippen molar-refractivity contribution in [2.75, 3.05) is 26.2 Å². The number of carbonyl (C=O) groups excluding carboxylic acids is 1. The highest BCUT2D eigenvalue weighted by Gasteiger charge is 2.53. The Morgan fingerprint density at radius 1 is 1.31 bits per heavy atom. The SMILES string of the molecule is O=C1C([N+](=O)NCCO)=C(O)C2NC=C(CC3=CC=C(F)CC3)C3=C2N1CC(F)(F)CN3. The summed E-state index contributed by atoms with van der Waals surface area (Å²) in [6.07, 6.45) is 5.60. The second kappa shape index (κ2) is 8.34. The van der Waals surface area contributed by atoms with E-state index in [0.717, 1.165) is 10.5 Å². The van der Waals surface area contributed by atoms with Crippen molar-refractivity contribution < 1.29 is 33.0 Å². The maximum atomic E-state index is 14.5. The number of rotatable bonds is 6. The standard InChI is InChI=1S/C20H22F3N5O4/c21-13-3-1-11(2-4-13)7-12-8-24-15-16-14(12)25-9-20(22,23)10-27(16)19(31)17(18(15)30)28(32)26-5-6-29/h1,3,8,15,24-25,29H,2,4-7,9-10H2,(H-,26,30,31,32)/p+1. The Kier molecular flexibility index (Phi) is 5.71. The maximum absolute atomic E-state index is 14.5. The third-order valence-corrected chi connectivity index (χ3v) is 5.62. The van der Waals surface area contributed by atoms with Crippen LogP contribution < -0.4 is 16.1 Å². The molecule has 0 saturated heterocycles. The van der Waals surface area contributed by atoms with Crippen molar-refractivity contribution in [1.29, 1.82) is 0 Å². The quantitative estimate of drug-likeness (QED) is 0.302. The predicted octanol–water partition coefficient (Wildman–Crippen LogP) is 1.14. The van der Waals surface area contributed by atoms with Gasteiger partial charge in [-0.1, -0.05) is 11.6 Å². The fourth-order valence-corrected chi connectivity index (χ4v) is 4.10. The zero-order chi connectivity index (χ0) is 23.0. The van der Waals surface area contributed by atoms with Crippen LogP contribution in [0.2, 0.25) is 0 Å². The van der Waals surface area contributed by atoms with E-state index in [9.17, 15) is 28.0 Å². The smallest absolute Gasteiger partial charge is 0.395 e. The molecule has 0 aromatic heterocycles. The van der Waals surface area contributed by atoms with Crippen LogP contribution in [-0.2, 0) is 4.79 Å². The molecule has 32 heavy (non-hydrogen) atoms. The molecular weight excluding hydrogens is 431 g/mol. The normalized spacial score (nSPS) is 24.5. The minimum atomic E-state index is -3.30. The topological polar surface area (TPSA) is 117 Å². The van der Waals surface area contributed by atoms with E-state index in [1.807, 2.05) is 0 Å². The minimum Gasteiger partial charge on any atom is -0.504 e. The van der Waals surface area contributed by atoms with Gasteiger partial charge < -0.3 is 20.8 Å². The molecule has 5 N–H and O–H groups in total. The Balaban J connectivity index is 1.75. The van der Waals surface area contributed by atoms with E-state index in [-0.39, 0.29) is 35.1 Å². The van der Waals surface area contributed by atoms with Crippen molar-refractivity contribution in [3.63, 3.8) is 0 Å². The van der Waals surface area contributed by atoms with E-state index in [1.54, 1.807) is 6.08 Å². The van der Waals surface area contributed by atoms with Crippen LogP contribution >= 0.6 is 0 Å². The van der Waals surface area contributed by atoms with Crippen LogP contribution in [-0.4, -0.2) is 64.1 Å². The zero-order valence-corrected chi connectivity index (χ0v) is 17.0. The van der Waals surface area contributed by atoms with Crippen molar-refractivity contribution in [3.05, 3.63) is 63.1 Å². The van der Waals surface area contributed by atoms with Crippen LogP contribution in [0, 0.1) is 4.91 Å². The molecule has 3 heterocycles. The van der Waals surface area contributed by atoms with E-state index >= 15 is 0 Å². The van der Waals surface area contributed by atoms with Crippen molar-refractivity contribution in [1.82, 2.24) is 21.0 Å². The summed E-state index contributed by atoms with van der Waals surface area (Å²) < 4.78 is 42.4. The van der Waals surface area contributed by atoms with Gasteiger partial charge in [0.2, 0.25) is 5.76 Å². The minimum absolute atomic E-state index is 0.0184. The summed E-state index contributed by atoms with van der Waals surface area (Å²) in [4.78, 5) is 26.2. The average molecular weight is 454 g/mol. The monoisotopic (exact) mass is 454 g/mol. The van der Waals surface area contributed by atoms with Crippen LogP contribution in [0.1, 0.15) is 19.3 Å². The van der Waals surface area contributed by atoms with Gasteiger partial charge >= 0.3 is 11.6 Å². The second-order valence-corrected chi connectivity index (χ2v) is 7.91. The number of aliphatic hydroxyl groups is 2. The van der Waals surface area contributed by atoms with Crippen LogP contribution in [0.15, 0.2) is 58.2 Å². The molecule has 1 atom stereocenters. The third kappa shape index (κ3) is 3.97. The number of hydrogen-bond acceptors (Lipinski definition) is 6.